The molecule has 0 radical (unpaired) electrons. The minimum Gasteiger partial charge on any atom is -0.312 e. The monoisotopic (exact) mass is 490 g/mol. The molecule has 6 rings (SSSR count). The Balaban J connectivity index is 1.37. The highest BCUT2D eigenvalue weighted by molar-refractivity contribution is 5.60. The molecule has 26 heteroatoms. The van der Waals surface area contributed by atoms with Gasteiger partial charge in [0.1, 0.15) is 11.3 Å². The molecule has 0 fully saturated rings. The molecule has 0 aromatic carbocycles. The van der Waals surface area contributed by atoms with E-state index in [0.29, 0.717) is 0 Å². The number of nitrogens with zero attached hydrogens (tertiary/aromatic N) is 18. The van der Waals surface area contributed by atoms with Crippen LogP contribution in [0, 0.1) is 20.2 Å². The molecule has 6 heterocycles. The van der Waals surface area contributed by atoms with Gasteiger partial charge in [-0.25, -0.2) is 20.2 Å². The van der Waals surface area contributed by atoms with Gasteiger partial charge in [-0.2, -0.15) is 30.7 Å². The number of hydrazine groups is 2. The predicted molar refractivity (Wildman–Crippen MR) is 88.4 cm³/mol. The van der Waals surface area contributed by atoms with Crippen LogP contribution >= 0.6 is 0 Å². The van der Waals surface area contributed by atoms with Crippen LogP contribution in [0.25, 0.3) is 34.2 Å². The first-order valence-electron chi connectivity index (χ1n) is 8.60. The van der Waals surface area contributed by atoms with Crippen LogP contribution < -0.4 is 29.8 Å². The van der Waals surface area contributed by atoms with Gasteiger partial charge in [0.05, 0.1) is 0 Å². The summed E-state index contributed by atoms with van der Waals surface area (Å²) >= 11 is 0. The lowest BCUT2D eigenvalue weighted by Crippen LogP contribution is -2.49. The zero-order valence-electron chi connectivity index (χ0n) is 16.0. The van der Waals surface area contributed by atoms with Crippen LogP contribution in [-0.4, -0.2) is 68.2 Å². The van der Waals surface area contributed by atoms with Gasteiger partial charge in [0.2, 0.25) is 6.67 Å². The normalized spacial score (nSPS) is 11.4. The van der Waals surface area contributed by atoms with Crippen molar-refractivity contribution in [3.8, 4) is 11.6 Å². The Morgan fingerprint density at radius 1 is 0.686 bits per heavy atom. The van der Waals surface area contributed by atoms with E-state index in [0.717, 1.165) is 9.59 Å². The largest absolute Gasteiger partial charge is 0.447 e. The highest BCUT2D eigenvalue weighted by Gasteiger charge is 2.43. The average Bonchev–Trinajstić information content (AvgIpc) is 3.62. The second-order valence-electron chi connectivity index (χ2n) is 6.04. The van der Waals surface area contributed by atoms with Crippen molar-refractivity contribution in [2.75, 3.05) is 16.7 Å². The second-order valence-corrected chi connectivity index (χ2v) is 6.04. The maximum atomic E-state index is 11.8. The Bertz CT molecular complexity index is 1500. The summed E-state index contributed by atoms with van der Waals surface area (Å²) in [6.07, 6.45) is 0. The molecule has 0 bridgehead atoms. The van der Waals surface area contributed by atoms with Crippen molar-refractivity contribution in [3.05, 3.63) is 20.2 Å². The van der Waals surface area contributed by atoms with Crippen LogP contribution in [0.1, 0.15) is 0 Å². The van der Waals surface area contributed by atoms with Crippen LogP contribution in [0.3, 0.4) is 0 Å². The molecule has 176 valence electrons. The molecule has 0 aliphatic carbocycles. The van der Waals surface area contributed by atoms with Gasteiger partial charge >= 0.3 is 23.3 Å². The number of hydrogen-bond donors (Lipinski definition) is 0. The van der Waals surface area contributed by atoms with Gasteiger partial charge in [-0.15, -0.1) is 18.9 Å². The molecule has 0 atom stereocenters. The van der Waals surface area contributed by atoms with Gasteiger partial charge in [-0.3, -0.25) is 0 Å². The molecule has 0 saturated carbocycles. The number of rotatable bonds is 8. The summed E-state index contributed by atoms with van der Waals surface area (Å²) in [7, 11) is 0. The molecule has 26 nitrogen and oxygen atoms in total. The van der Waals surface area contributed by atoms with Crippen LogP contribution in [-0.2, 0) is 0 Å². The fraction of sp³-hybridized carbons (Fsp3) is 0.111. The molecule has 0 spiro atoms. The lowest BCUT2D eigenvalue weighted by Gasteiger charge is -2.13. The molecule has 0 aliphatic heterocycles. The van der Waals surface area contributed by atoms with Crippen molar-refractivity contribution in [2.24, 2.45) is 0 Å². The number of nitro groups is 2. The van der Waals surface area contributed by atoms with Crippen molar-refractivity contribution in [1.82, 2.24) is 61.6 Å². The number of hydrogen-bond acceptors (Lipinski definition) is 18. The summed E-state index contributed by atoms with van der Waals surface area (Å²) in [5.74, 6) is -2.09. The minimum absolute atomic E-state index is 0.0562. The van der Waals surface area contributed by atoms with Gasteiger partial charge in [-0.05, 0) is 10.0 Å². The minimum atomic E-state index is -1.12. The Hall–Kier alpha value is -6.24. The highest BCUT2D eigenvalue weighted by atomic mass is 16.7. The van der Waals surface area contributed by atoms with E-state index in [2.05, 4.69) is 80.2 Å². The van der Waals surface area contributed by atoms with Crippen molar-refractivity contribution in [1.29, 1.82) is 0 Å². The Morgan fingerprint density at radius 2 is 1.11 bits per heavy atom. The van der Waals surface area contributed by atoms with E-state index < -0.39 is 40.0 Å². The second kappa shape index (κ2) is 7.14. The van der Waals surface area contributed by atoms with E-state index in [9.17, 15) is 20.2 Å². The summed E-state index contributed by atoms with van der Waals surface area (Å²) in [6.45, 7) is -1.12. The Labute approximate surface area is 183 Å². The van der Waals surface area contributed by atoms with Crippen molar-refractivity contribution in [3.63, 3.8) is 0 Å². The first kappa shape index (κ1) is 19.4. The van der Waals surface area contributed by atoms with Crippen LogP contribution in [0.2, 0.25) is 0 Å². The van der Waals surface area contributed by atoms with Crippen LogP contribution in [0.15, 0.2) is 18.5 Å². The molecule has 0 N–H and O–H groups in total. The van der Waals surface area contributed by atoms with Gasteiger partial charge in [-0.1, -0.05) is 10.3 Å². The molecule has 0 unspecified atom stereocenters. The zero-order valence-corrected chi connectivity index (χ0v) is 16.0. The van der Waals surface area contributed by atoms with E-state index in [-0.39, 0.29) is 32.6 Å². The Kier molecular flexibility index (Phi) is 3.97. The fourth-order valence-electron chi connectivity index (χ4n) is 2.66. The van der Waals surface area contributed by atoms with Crippen LogP contribution in [0.5, 0.6) is 0 Å². The summed E-state index contributed by atoms with van der Waals surface area (Å²) in [4.78, 5) is 25.2. The summed E-state index contributed by atoms with van der Waals surface area (Å²) in [6, 6.07) is 0. The number of fused-ring (bicyclic) bond motifs is 2. The van der Waals surface area contributed by atoms with E-state index in [1.807, 2.05) is 0 Å². The molecule has 0 aliphatic rings. The van der Waals surface area contributed by atoms with E-state index in [1.165, 1.54) is 0 Å². The van der Waals surface area contributed by atoms with Gasteiger partial charge in [0.15, 0.2) is 31.7 Å². The first-order chi connectivity index (χ1) is 17.0. The number of anilines is 2. The van der Waals surface area contributed by atoms with Crippen molar-refractivity contribution < 1.29 is 38.2 Å². The predicted octanol–water partition coefficient (Wildman–Crippen LogP) is -4.56. The molecule has 6 aromatic heterocycles. The van der Waals surface area contributed by atoms with Crippen molar-refractivity contribution >= 4 is 34.2 Å². The quantitative estimate of drug-likeness (QED) is 0.0838. The third kappa shape index (κ3) is 3.05. The summed E-state index contributed by atoms with van der Waals surface area (Å²) in [5.41, 5.74) is -0.225. The molecular formula is C9H2N18O8. The van der Waals surface area contributed by atoms with Crippen molar-refractivity contribution in [2.45, 2.75) is 0 Å². The first-order valence-corrected chi connectivity index (χ1v) is 8.60. The molecular weight excluding hydrogens is 488 g/mol. The number of aromatic nitrogens is 14. The highest BCUT2D eigenvalue weighted by Crippen LogP contribution is 2.21. The van der Waals surface area contributed by atoms with Gasteiger partial charge < -0.3 is 9.26 Å². The average molecular weight is 490 g/mol. The maximum absolute atomic E-state index is 11.8. The summed E-state index contributed by atoms with van der Waals surface area (Å²) < 4.78 is 18.0. The SMILES string of the molecule is O=[N+]([O-])N(CN(c1nonc1-[n+]1nc2nonc2[n-]1)[N+](=O)[O-])c1nonc1-[n+]1nc2nonc2[n-]1. The molecule has 0 amide bonds. The maximum Gasteiger partial charge on any atom is 0.447 e. The fourth-order valence-corrected chi connectivity index (χ4v) is 2.66. The standard InChI is InChI=1S/C9H2N18O8/c28-26(29)22(6-8(20-34-18-6)24-10-2-3(11-24)15-32-14-2)1-23(27(30)31)7-9(21-35-19-7)25-12-4-5(13-25)17-33-16-4/h1H2. The van der Waals surface area contributed by atoms with E-state index >= 15 is 0 Å². The third-order valence-electron chi connectivity index (χ3n) is 4.11. The lowest BCUT2D eigenvalue weighted by molar-refractivity contribution is -0.719. The van der Waals surface area contributed by atoms with Crippen LogP contribution in [0.4, 0.5) is 11.6 Å². The third-order valence-corrected chi connectivity index (χ3v) is 4.11. The molecule has 6 aromatic rings. The topological polar surface area (TPSA) is 310 Å². The molecule has 0 saturated heterocycles. The molecule has 35 heavy (non-hydrogen) atoms. The summed E-state index contributed by atoms with van der Waals surface area (Å²) in [5, 5.41) is 65.1. The van der Waals surface area contributed by atoms with Gasteiger partial charge in [0, 0.05) is 10.3 Å². The Morgan fingerprint density at radius 3 is 1.51 bits per heavy atom. The van der Waals surface area contributed by atoms with E-state index in [4.69, 9.17) is 0 Å². The lowest BCUT2D eigenvalue weighted by atomic mass is 10.5. The van der Waals surface area contributed by atoms with E-state index in [1.54, 1.807) is 0 Å². The smallest absolute Gasteiger partial charge is 0.312 e. The zero-order chi connectivity index (χ0) is 24.1. The van der Waals surface area contributed by atoms with Gasteiger partial charge in [0.25, 0.3) is 0 Å².